The highest BCUT2D eigenvalue weighted by Gasteiger charge is 2.44. The van der Waals surface area contributed by atoms with E-state index in [1.54, 1.807) is 18.3 Å². The maximum Gasteiger partial charge on any atom is 0.319 e. The van der Waals surface area contributed by atoms with Crippen LogP contribution in [0.1, 0.15) is 32.1 Å². The first-order valence-electron chi connectivity index (χ1n) is 13.4. The number of rotatable bonds is 6. The molecule has 0 spiro atoms. The van der Waals surface area contributed by atoms with E-state index in [1.807, 2.05) is 24.3 Å². The molecule has 2 saturated heterocycles. The fourth-order valence-electron chi connectivity index (χ4n) is 6.28. The first kappa shape index (κ1) is 24.8. The van der Waals surface area contributed by atoms with Gasteiger partial charge in [0, 0.05) is 60.2 Å². The molecule has 1 aliphatic carbocycles. The van der Waals surface area contributed by atoms with Gasteiger partial charge in [0.15, 0.2) is 5.82 Å². The van der Waals surface area contributed by atoms with Gasteiger partial charge in [0.05, 0.1) is 12.0 Å². The Morgan fingerprint density at radius 3 is 2.54 bits per heavy atom. The number of halogens is 4. The van der Waals surface area contributed by atoms with Crippen LogP contribution in [-0.4, -0.2) is 52.7 Å². The van der Waals surface area contributed by atoms with Gasteiger partial charge in [-0.25, -0.2) is 13.2 Å². The second kappa shape index (κ2) is 9.48. The third-order valence-electron chi connectivity index (χ3n) is 8.20. The van der Waals surface area contributed by atoms with Crippen LogP contribution in [0.15, 0.2) is 42.6 Å². The quantitative estimate of drug-likeness (QED) is 0.298. The van der Waals surface area contributed by atoms with Crippen molar-refractivity contribution in [2.75, 3.05) is 24.6 Å². The predicted octanol–water partition coefficient (Wildman–Crippen LogP) is 6.39. The Kier molecular flexibility index (Phi) is 6.04. The van der Waals surface area contributed by atoms with Crippen molar-refractivity contribution in [3.8, 4) is 17.3 Å². The number of pyridine rings is 1. The summed E-state index contributed by atoms with van der Waals surface area (Å²) in [6.07, 6.45) is 4.02. The van der Waals surface area contributed by atoms with Gasteiger partial charge in [-0.3, -0.25) is 4.98 Å². The highest BCUT2D eigenvalue weighted by molar-refractivity contribution is 6.36. The Bertz CT molecular complexity index is 1560. The zero-order chi connectivity index (χ0) is 26.7. The fourth-order valence-corrected chi connectivity index (χ4v) is 6.57. The Balaban J connectivity index is 1.30. The number of nitrogens with one attached hydrogen (secondary N) is 1. The van der Waals surface area contributed by atoms with E-state index in [2.05, 4.69) is 25.2 Å². The molecular formula is C29H27ClF3N5O. The van der Waals surface area contributed by atoms with Gasteiger partial charge in [0.2, 0.25) is 5.92 Å². The van der Waals surface area contributed by atoms with Crippen LogP contribution in [0, 0.1) is 11.7 Å². The van der Waals surface area contributed by atoms with Gasteiger partial charge in [0.1, 0.15) is 17.0 Å². The number of fused-ring (bicyclic) bond motifs is 4. The molecule has 1 N–H and O–H groups in total. The summed E-state index contributed by atoms with van der Waals surface area (Å²) in [5.74, 6) is -2.66. The lowest BCUT2D eigenvalue weighted by molar-refractivity contribution is -0.113. The molecule has 2 aliphatic heterocycles. The van der Waals surface area contributed by atoms with Crippen LogP contribution in [0.2, 0.25) is 5.02 Å². The normalized spacial score (nSPS) is 22.4. The van der Waals surface area contributed by atoms with E-state index in [0.29, 0.717) is 45.7 Å². The molecule has 4 aromatic rings. The third kappa shape index (κ3) is 4.55. The SMILES string of the molecule is Fc1c(-c2cccc3cccc(Cl)c23)ncc2c(N3C[C@H]4CC[C@@H](C3)N4)nc(OCCC3CC(F)(F)C3)nc12. The maximum absolute atomic E-state index is 16.3. The summed E-state index contributed by atoms with van der Waals surface area (Å²) in [6, 6.07) is 11.8. The summed E-state index contributed by atoms with van der Waals surface area (Å²) in [6.45, 7) is 1.67. The number of piperazine rings is 1. The van der Waals surface area contributed by atoms with Crippen molar-refractivity contribution in [3.63, 3.8) is 0 Å². The monoisotopic (exact) mass is 553 g/mol. The number of hydrogen-bond donors (Lipinski definition) is 1. The number of alkyl halides is 2. The van der Waals surface area contributed by atoms with Gasteiger partial charge >= 0.3 is 6.01 Å². The van der Waals surface area contributed by atoms with E-state index in [0.717, 1.165) is 31.3 Å². The standard InChI is InChI=1S/C29H27ClF3N5O/c30-22-6-2-4-17-3-1-5-20(23(17)22)25-24(31)26-21(13-34-25)27(38-14-18-7-8-19(15-38)35-18)37-28(36-26)39-10-9-16-11-29(32,33)12-16/h1-6,13,16,18-19,35H,7-12,14-15H2/t18-,19+. The molecule has 2 atom stereocenters. The van der Waals surface area contributed by atoms with Crippen molar-refractivity contribution in [1.82, 2.24) is 20.3 Å². The number of hydrogen-bond acceptors (Lipinski definition) is 6. The van der Waals surface area contributed by atoms with Crippen molar-refractivity contribution in [1.29, 1.82) is 0 Å². The summed E-state index contributed by atoms with van der Waals surface area (Å²) in [5, 5.41) is 6.22. The second-order valence-corrected chi connectivity index (χ2v) is 11.4. The smallest absolute Gasteiger partial charge is 0.319 e. The maximum atomic E-state index is 16.3. The van der Waals surface area contributed by atoms with E-state index in [9.17, 15) is 8.78 Å². The van der Waals surface area contributed by atoms with Crippen LogP contribution in [0.4, 0.5) is 19.0 Å². The summed E-state index contributed by atoms with van der Waals surface area (Å²) >= 11 is 6.53. The minimum absolute atomic E-state index is 0.0430. The van der Waals surface area contributed by atoms with Crippen molar-refractivity contribution in [2.24, 2.45) is 5.92 Å². The lowest BCUT2D eigenvalue weighted by Crippen LogP contribution is -2.51. The lowest BCUT2D eigenvalue weighted by Gasteiger charge is -2.35. The average molecular weight is 554 g/mol. The van der Waals surface area contributed by atoms with Gasteiger partial charge in [-0.2, -0.15) is 9.97 Å². The molecule has 0 unspecified atom stereocenters. The number of aromatic nitrogens is 3. The summed E-state index contributed by atoms with van der Waals surface area (Å²) in [4.78, 5) is 15.9. The Labute approximate surface area is 228 Å². The van der Waals surface area contributed by atoms with Crippen LogP contribution in [0.25, 0.3) is 32.9 Å². The van der Waals surface area contributed by atoms with Crippen molar-refractivity contribution in [3.05, 3.63) is 53.4 Å². The third-order valence-corrected chi connectivity index (χ3v) is 8.52. The van der Waals surface area contributed by atoms with Gasteiger partial charge in [-0.1, -0.05) is 41.9 Å². The molecule has 7 rings (SSSR count). The zero-order valence-corrected chi connectivity index (χ0v) is 21.9. The molecule has 2 aromatic heterocycles. The van der Waals surface area contributed by atoms with Crippen molar-refractivity contribution >= 4 is 39.1 Å². The highest BCUT2D eigenvalue weighted by atomic mass is 35.5. The van der Waals surface area contributed by atoms with E-state index >= 15 is 4.39 Å². The molecule has 39 heavy (non-hydrogen) atoms. The van der Waals surface area contributed by atoms with E-state index in [4.69, 9.17) is 16.3 Å². The summed E-state index contributed by atoms with van der Waals surface area (Å²) in [5.41, 5.74) is 0.838. The number of benzene rings is 2. The van der Waals surface area contributed by atoms with Crippen LogP contribution in [-0.2, 0) is 0 Å². The fraction of sp³-hybridized carbons (Fsp3) is 0.414. The molecular weight excluding hydrogens is 527 g/mol. The van der Waals surface area contributed by atoms with Crippen LogP contribution in [0.3, 0.4) is 0 Å². The molecule has 2 bridgehead atoms. The van der Waals surface area contributed by atoms with Crippen LogP contribution < -0.4 is 15.0 Å². The first-order chi connectivity index (χ1) is 18.8. The second-order valence-electron chi connectivity index (χ2n) is 11.0. The molecule has 0 radical (unpaired) electrons. The van der Waals surface area contributed by atoms with Crippen molar-refractivity contribution in [2.45, 2.75) is 50.1 Å². The lowest BCUT2D eigenvalue weighted by atomic mass is 9.79. The minimum Gasteiger partial charge on any atom is -0.463 e. The molecule has 202 valence electrons. The molecule has 4 heterocycles. The number of ether oxygens (including phenoxy) is 1. The largest absolute Gasteiger partial charge is 0.463 e. The predicted molar refractivity (Wildman–Crippen MR) is 145 cm³/mol. The van der Waals surface area contributed by atoms with Gasteiger partial charge in [-0.15, -0.1) is 0 Å². The molecule has 2 aromatic carbocycles. The van der Waals surface area contributed by atoms with Gasteiger partial charge in [0.25, 0.3) is 0 Å². The Morgan fingerprint density at radius 2 is 1.79 bits per heavy atom. The van der Waals surface area contributed by atoms with Gasteiger partial charge < -0.3 is 15.0 Å². The average Bonchev–Trinajstić information content (AvgIpc) is 3.24. The first-order valence-corrected chi connectivity index (χ1v) is 13.8. The van der Waals surface area contributed by atoms with Crippen LogP contribution in [0.5, 0.6) is 6.01 Å². The molecule has 10 heteroatoms. The van der Waals surface area contributed by atoms with E-state index in [-0.39, 0.29) is 42.6 Å². The topological polar surface area (TPSA) is 63.2 Å². The molecule has 3 fully saturated rings. The van der Waals surface area contributed by atoms with E-state index < -0.39 is 11.7 Å². The molecule has 0 amide bonds. The van der Waals surface area contributed by atoms with Gasteiger partial charge in [-0.05, 0) is 36.6 Å². The number of nitrogens with zero attached hydrogens (tertiary/aromatic N) is 4. The Hall–Kier alpha value is -3.17. The van der Waals surface area contributed by atoms with E-state index in [1.165, 1.54) is 0 Å². The highest BCUT2D eigenvalue weighted by Crippen LogP contribution is 2.44. The van der Waals surface area contributed by atoms with Crippen molar-refractivity contribution < 1.29 is 17.9 Å². The minimum atomic E-state index is -2.57. The van der Waals surface area contributed by atoms with Crippen LogP contribution >= 0.6 is 11.6 Å². The Morgan fingerprint density at radius 1 is 1.05 bits per heavy atom. The molecule has 6 nitrogen and oxygen atoms in total. The zero-order valence-electron chi connectivity index (χ0n) is 21.1. The molecule has 3 aliphatic rings. The number of anilines is 1. The summed E-state index contributed by atoms with van der Waals surface area (Å²) < 4.78 is 48.7. The molecule has 1 saturated carbocycles. The summed E-state index contributed by atoms with van der Waals surface area (Å²) in [7, 11) is 0.